The molecule has 0 heterocycles. The van der Waals surface area contributed by atoms with E-state index in [2.05, 4.69) is 0 Å². The molecule has 2 N–H and O–H groups in total. The third-order valence-electron chi connectivity index (χ3n) is 4.48. The molecule has 0 aromatic heterocycles. The molecule has 2 bridgehead atoms. The van der Waals surface area contributed by atoms with E-state index < -0.39 is 6.04 Å². The lowest BCUT2D eigenvalue weighted by Gasteiger charge is -2.37. The summed E-state index contributed by atoms with van der Waals surface area (Å²) in [6.07, 6.45) is 4.63. The van der Waals surface area contributed by atoms with E-state index in [1.807, 2.05) is 0 Å². The Kier molecular flexibility index (Phi) is 3.90. The fourth-order valence-corrected chi connectivity index (χ4v) is 3.63. The second kappa shape index (κ2) is 5.26. The number of rotatable bonds is 4. The smallest absolute Gasteiger partial charge is 0.328 e. The highest BCUT2D eigenvalue weighted by Crippen LogP contribution is 2.47. The minimum Gasteiger partial charge on any atom is -0.467 e. The highest BCUT2D eigenvalue weighted by molar-refractivity contribution is 5.85. The van der Waals surface area contributed by atoms with Crippen molar-refractivity contribution in [1.29, 1.82) is 0 Å². The van der Waals surface area contributed by atoms with Gasteiger partial charge in [-0.25, -0.2) is 4.79 Å². The molecule has 5 nitrogen and oxygen atoms in total. The largest absolute Gasteiger partial charge is 0.467 e. The molecule has 0 saturated heterocycles. The van der Waals surface area contributed by atoms with E-state index in [0.29, 0.717) is 5.92 Å². The van der Waals surface area contributed by atoms with Gasteiger partial charge < -0.3 is 15.4 Å². The van der Waals surface area contributed by atoms with Crippen LogP contribution < -0.4 is 5.73 Å². The lowest BCUT2D eigenvalue weighted by atomic mass is 9.93. The summed E-state index contributed by atoms with van der Waals surface area (Å²) in [5.41, 5.74) is 5.47. The van der Waals surface area contributed by atoms with Gasteiger partial charge in [-0.1, -0.05) is 6.42 Å². The highest BCUT2D eigenvalue weighted by Gasteiger charge is 2.45. The van der Waals surface area contributed by atoms with Crippen molar-refractivity contribution in [2.45, 2.75) is 44.7 Å². The second-order valence-electron chi connectivity index (χ2n) is 5.45. The van der Waals surface area contributed by atoms with Gasteiger partial charge in [-0.05, 0) is 38.0 Å². The van der Waals surface area contributed by atoms with E-state index in [9.17, 15) is 9.59 Å². The highest BCUT2D eigenvalue weighted by atomic mass is 16.5. The first-order valence-electron chi connectivity index (χ1n) is 6.67. The van der Waals surface area contributed by atoms with Crippen LogP contribution in [0.25, 0.3) is 0 Å². The number of nitrogens with two attached hydrogens (primary N) is 1. The molecule has 5 heteroatoms. The number of amides is 1. The summed E-state index contributed by atoms with van der Waals surface area (Å²) in [5.74, 6) is 0.751. The Balaban J connectivity index is 2.15. The van der Waals surface area contributed by atoms with Crippen LogP contribution in [0.15, 0.2) is 0 Å². The van der Waals surface area contributed by atoms with Gasteiger partial charge in [-0.2, -0.15) is 0 Å². The summed E-state index contributed by atoms with van der Waals surface area (Å²) in [7, 11) is 1.35. The molecule has 3 unspecified atom stereocenters. The number of hydrogen-bond donors (Lipinski definition) is 1. The van der Waals surface area contributed by atoms with E-state index in [4.69, 9.17) is 10.5 Å². The Morgan fingerprint density at radius 1 is 1.39 bits per heavy atom. The van der Waals surface area contributed by atoms with Crippen LogP contribution in [0.3, 0.4) is 0 Å². The predicted octanol–water partition coefficient (Wildman–Crippen LogP) is 0.524. The van der Waals surface area contributed by atoms with Crippen LogP contribution in [-0.4, -0.2) is 42.5 Å². The molecule has 2 rings (SSSR count). The van der Waals surface area contributed by atoms with E-state index in [-0.39, 0.29) is 24.5 Å². The maximum atomic E-state index is 12.0. The maximum Gasteiger partial charge on any atom is 0.328 e. The maximum absolute atomic E-state index is 12.0. The topological polar surface area (TPSA) is 72.6 Å². The molecular weight excluding hydrogens is 232 g/mol. The molecule has 0 aromatic carbocycles. The zero-order valence-electron chi connectivity index (χ0n) is 11.1. The molecule has 2 saturated carbocycles. The van der Waals surface area contributed by atoms with Crippen LogP contribution in [0, 0.1) is 11.8 Å². The summed E-state index contributed by atoms with van der Waals surface area (Å²) >= 11 is 0. The molecule has 0 aliphatic heterocycles. The van der Waals surface area contributed by atoms with Crippen LogP contribution in [0.2, 0.25) is 0 Å². The van der Waals surface area contributed by atoms with Crippen molar-refractivity contribution in [3.63, 3.8) is 0 Å². The van der Waals surface area contributed by atoms with Gasteiger partial charge in [0.05, 0.1) is 13.7 Å². The summed E-state index contributed by atoms with van der Waals surface area (Å²) in [6, 6.07) is -0.357. The molecule has 4 atom stereocenters. The second-order valence-corrected chi connectivity index (χ2v) is 5.45. The molecule has 1 amide bonds. The summed E-state index contributed by atoms with van der Waals surface area (Å²) in [6.45, 7) is 1.68. The summed E-state index contributed by atoms with van der Waals surface area (Å²) in [4.78, 5) is 25.4. The summed E-state index contributed by atoms with van der Waals surface area (Å²) in [5, 5.41) is 0. The first kappa shape index (κ1) is 13.3. The number of carbonyl (C=O) groups is 2. The number of fused-ring (bicyclic) bond motifs is 2. The monoisotopic (exact) mass is 254 g/mol. The average molecular weight is 254 g/mol. The van der Waals surface area contributed by atoms with Gasteiger partial charge in [0, 0.05) is 6.04 Å². The minimum absolute atomic E-state index is 0.0464. The molecule has 102 valence electrons. The lowest BCUT2D eigenvalue weighted by Crippen LogP contribution is -2.53. The molecular formula is C13H22N2O3. The van der Waals surface area contributed by atoms with Crippen molar-refractivity contribution in [1.82, 2.24) is 4.90 Å². The first-order valence-corrected chi connectivity index (χ1v) is 6.67. The lowest BCUT2D eigenvalue weighted by molar-refractivity contribution is -0.154. The van der Waals surface area contributed by atoms with Crippen LogP contribution in [0.4, 0.5) is 0 Å². The van der Waals surface area contributed by atoms with E-state index >= 15 is 0 Å². The molecule has 0 aromatic rings. The van der Waals surface area contributed by atoms with Gasteiger partial charge in [0.25, 0.3) is 0 Å². The minimum atomic E-state index is -0.532. The van der Waals surface area contributed by atoms with Crippen LogP contribution in [-0.2, 0) is 14.3 Å². The molecule has 18 heavy (non-hydrogen) atoms. The zero-order valence-corrected chi connectivity index (χ0v) is 11.1. The Morgan fingerprint density at radius 2 is 2.11 bits per heavy atom. The first-order chi connectivity index (χ1) is 8.58. The molecule has 2 aliphatic carbocycles. The van der Waals surface area contributed by atoms with Crippen molar-refractivity contribution in [2.75, 3.05) is 13.7 Å². The van der Waals surface area contributed by atoms with Crippen molar-refractivity contribution < 1.29 is 14.3 Å². The van der Waals surface area contributed by atoms with Crippen molar-refractivity contribution in [3.8, 4) is 0 Å². The summed E-state index contributed by atoms with van der Waals surface area (Å²) < 4.78 is 4.75. The van der Waals surface area contributed by atoms with Crippen molar-refractivity contribution in [3.05, 3.63) is 0 Å². The van der Waals surface area contributed by atoms with Gasteiger partial charge in [0.2, 0.25) is 5.91 Å². The zero-order chi connectivity index (χ0) is 13.3. The van der Waals surface area contributed by atoms with Gasteiger partial charge in [0.15, 0.2) is 0 Å². The molecule has 0 spiro atoms. The standard InChI is InChI=1S/C13H22N2O3/c1-8(13(17)18-2)15(12(16)7-14)11-6-9-3-4-10(11)5-9/h8-11H,3-7,14H2,1-2H3/t8-,9?,10?,11?/m0/s1. The van der Waals surface area contributed by atoms with Gasteiger partial charge >= 0.3 is 5.97 Å². The number of hydrogen-bond acceptors (Lipinski definition) is 4. The fraction of sp³-hybridized carbons (Fsp3) is 0.846. The van der Waals surface area contributed by atoms with Crippen LogP contribution in [0.1, 0.15) is 32.6 Å². The van der Waals surface area contributed by atoms with E-state index in [0.717, 1.165) is 18.8 Å². The Bertz CT molecular complexity index is 345. The number of nitrogens with zero attached hydrogens (tertiary/aromatic N) is 1. The Morgan fingerprint density at radius 3 is 2.56 bits per heavy atom. The van der Waals surface area contributed by atoms with Gasteiger partial charge in [-0.15, -0.1) is 0 Å². The number of ether oxygens (including phenoxy) is 1. The SMILES string of the molecule is COC(=O)[C@H](C)N(C(=O)CN)C1CC2CCC1C2. The average Bonchev–Trinajstić information content (AvgIpc) is 3.00. The number of methoxy groups -OCH3 is 1. The van der Waals surface area contributed by atoms with E-state index in [1.54, 1.807) is 11.8 Å². The fourth-order valence-electron chi connectivity index (χ4n) is 3.63. The van der Waals surface area contributed by atoms with Crippen LogP contribution in [0.5, 0.6) is 0 Å². The van der Waals surface area contributed by atoms with Crippen molar-refractivity contribution in [2.24, 2.45) is 17.6 Å². The quantitative estimate of drug-likeness (QED) is 0.742. The molecule has 2 aliphatic rings. The van der Waals surface area contributed by atoms with Gasteiger partial charge in [-0.3, -0.25) is 4.79 Å². The third-order valence-corrected chi connectivity index (χ3v) is 4.48. The molecule has 0 radical (unpaired) electrons. The Labute approximate surface area is 108 Å². The Hall–Kier alpha value is -1.10. The van der Waals surface area contributed by atoms with Gasteiger partial charge in [0.1, 0.15) is 6.04 Å². The van der Waals surface area contributed by atoms with Crippen LogP contribution >= 0.6 is 0 Å². The number of esters is 1. The van der Waals surface area contributed by atoms with E-state index in [1.165, 1.54) is 20.0 Å². The normalized spacial score (nSPS) is 31.2. The third kappa shape index (κ3) is 2.23. The number of carbonyl (C=O) groups excluding carboxylic acids is 2. The van der Waals surface area contributed by atoms with Crippen molar-refractivity contribution >= 4 is 11.9 Å². The molecule has 2 fully saturated rings. The predicted molar refractivity (Wildman–Crippen MR) is 66.6 cm³/mol.